The predicted octanol–water partition coefficient (Wildman–Crippen LogP) is 2.69. The summed E-state index contributed by atoms with van der Waals surface area (Å²) in [5, 5.41) is 6.29. The van der Waals surface area contributed by atoms with Crippen LogP contribution in [-0.4, -0.2) is 32.1 Å². The minimum Gasteiger partial charge on any atom is -0.483 e. The van der Waals surface area contributed by atoms with Crippen LogP contribution in [0.5, 0.6) is 5.75 Å². The summed E-state index contributed by atoms with van der Waals surface area (Å²) in [7, 11) is 0. The summed E-state index contributed by atoms with van der Waals surface area (Å²) >= 11 is 0. The largest absolute Gasteiger partial charge is 0.483 e. The van der Waals surface area contributed by atoms with Gasteiger partial charge >= 0.3 is 0 Å². The van der Waals surface area contributed by atoms with E-state index in [0.717, 1.165) is 38.2 Å². The van der Waals surface area contributed by atoms with Crippen molar-refractivity contribution in [3.63, 3.8) is 0 Å². The highest BCUT2D eigenvalue weighted by Crippen LogP contribution is 2.28. The minimum absolute atomic E-state index is 0.0371. The standard InChI is InChI=1S/C18H28N2O2/c1-3-14(2)16-6-4-5-7-17(16)22-13-18(21)20-11-9-15-8-10-19-12-15/h4-7,14-15,19H,3,8-13H2,1-2H3,(H,20,21). The Balaban J connectivity index is 1.73. The van der Waals surface area contributed by atoms with Crippen molar-refractivity contribution >= 4 is 5.91 Å². The Bertz CT molecular complexity index is 470. The lowest BCUT2D eigenvalue weighted by molar-refractivity contribution is -0.123. The second kappa shape index (κ2) is 8.79. The monoisotopic (exact) mass is 304 g/mol. The topological polar surface area (TPSA) is 50.4 Å². The first kappa shape index (κ1) is 16.8. The lowest BCUT2D eigenvalue weighted by Gasteiger charge is -2.15. The van der Waals surface area contributed by atoms with Gasteiger partial charge in [0, 0.05) is 6.54 Å². The molecule has 0 aromatic heterocycles. The predicted molar refractivity (Wildman–Crippen MR) is 89.2 cm³/mol. The molecule has 0 bridgehead atoms. The fraction of sp³-hybridized carbons (Fsp3) is 0.611. The van der Waals surface area contributed by atoms with Crippen molar-refractivity contribution in [2.75, 3.05) is 26.2 Å². The highest BCUT2D eigenvalue weighted by atomic mass is 16.5. The SMILES string of the molecule is CCC(C)c1ccccc1OCC(=O)NCCC1CCNC1. The molecule has 4 heteroatoms. The first-order valence-corrected chi connectivity index (χ1v) is 8.39. The van der Waals surface area contributed by atoms with E-state index in [0.29, 0.717) is 11.8 Å². The van der Waals surface area contributed by atoms with E-state index >= 15 is 0 Å². The van der Waals surface area contributed by atoms with E-state index in [4.69, 9.17) is 4.74 Å². The first-order chi connectivity index (χ1) is 10.7. The van der Waals surface area contributed by atoms with Gasteiger partial charge in [0.15, 0.2) is 6.61 Å². The number of hydrogen-bond donors (Lipinski definition) is 2. The summed E-state index contributed by atoms with van der Waals surface area (Å²) in [6.07, 6.45) is 3.32. The Kier molecular flexibility index (Phi) is 6.72. The molecule has 22 heavy (non-hydrogen) atoms. The maximum atomic E-state index is 11.9. The fourth-order valence-corrected chi connectivity index (χ4v) is 2.81. The summed E-state index contributed by atoms with van der Waals surface area (Å²) in [5.74, 6) is 1.93. The Labute approximate surface area is 133 Å². The van der Waals surface area contributed by atoms with E-state index in [2.05, 4.69) is 30.5 Å². The smallest absolute Gasteiger partial charge is 0.257 e. The lowest BCUT2D eigenvalue weighted by Crippen LogP contribution is -2.31. The first-order valence-electron chi connectivity index (χ1n) is 8.39. The molecule has 2 unspecified atom stereocenters. The average molecular weight is 304 g/mol. The summed E-state index contributed by atoms with van der Waals surface area (Å²) in [5.41, 5.74) is 1.18. The van der Waals surface area contributed by atoms with Gasteiger partial charge in [-0.3, -0.25) is 4.79 Å². The lowest BCUT2D eigenvalue weighted by atomic mass is 9.98. The number of hydrogen-bond acceptors (Lipinski definition) is 3. The summed E-state index contributed by atoms with van der Waals surface area (Å²) in [6, 6.07) is 7.99. The number of benzene rings is 1. The quantitative estimate of drug-likeness (QED) is 0.776. The Morgan fingerprint density at radius 2 is 2.27 bits per heavy atom. The number of carbonyl (C=O) groups is 1. The van der Waals surface area contributed by atoms with Crippen LogP contribution in [0.3, 0.4) is 0 Å². The van der Waals surface area contributed by atoms with Gasteiger partial charge in [-0.05, 0) is 55.8 Å². The number of amides is 1. The number of ether oxygens (including phenoxy) is 1. The normalized spacial score (nSPS) is 18.9. The van der Waals surface area contributed by atoms with Crippen LogP contribution in [0.2, 0.25) is 0 Å². The van der Waals surface area contributed by atoms with Gasteiger partial charge in [-0.2, -0.15) is 0 Å². The van der Waals surface area contributed by atoms with Crippen molar-refractivity contribution in [3.8, 4) is 5.75 Å². The number of para-hydroxylation sites is 1. The molecule has 1 amide bonds. The molecule has 1 aromatic rings. The van der Waals surface area contributed by atoms with E-state index in [9.17, 15) is 4.79 Å². The zero-order valence-electron chi connectivity index (χ0n) is 13.7. The van der Waals surface area contributed by atoms with Crippen LogP contribution >= 0.6 is 0 Å². The third-order valence-corrected chi connectivity index (χ3v) is 4.46. The van der Waals surface area contributed by atoms with E-state index in [-0.39, 0.29) is 12.5 Å². The van der Waals surface area contributed by atoms with Crippen molar-refractivity contribution in [2.24, 2.45) is 5.92 Å². The van der Waals surface area contributed by atoms with Crippen molar-refractivity contribution in [3.05, 3.63) is 29.8 Å². The second-order valence-electron chi connectivity index (χ2n) is 6.13. The maximum Gasteiger partial charge on any atom is 0.257 e. The molecule has 1 aliphatic rings. The van der Waals surface area contributed by atoms with Gasteiger partial charge in [0.05, 0.1) is 0 Å². The molecule has 122 valence electrons. The van der Waals surface area contributed by atoms with E-state index in [1.165, 1.54) is 12.0 Å². The van der Waals surface area contributed by atoms with Crippen molar-refractivity contribution < 1.29 is 9.53 Å². The highest BCUT2D eigenvalue weighted by molar-refractivity contribution is 5.77. The molecule has 2 N–H and O–H groups in total. The van der Waals surface area contributed by atoms with Crippen LogP contribution in [0, 0.1) is 5.92 Å². The minimum atomic E-state index is -0.0371. The zero-order valence-corrected chi connectivity index (χ0v) is 13.7. The van der Waals surface area contributed by atoms with Gasteiger partial charge in [0.1, 0.15) is 5.75 Å². The number of carbonyl (C=O) groups excluding carboxylic acids is 1. The average Bonchev–Trinajstić information content (AvgIpc) is 3.06. The molecule has 0 saturated carbocycles. The Hall–Kier alpha value is -1.55. The van der Waals surface area contributed by atoms with E-state index in [1.54, 1.807) is 0 Å². The van der Waals surface area contributed by atoms with Crippen LogP contribution in [-0.2, 0) is 4.79 Å². The maximum absolute atomic E-state index is 11.9. The van der Waals surface area contributed by atoms with Gasteiger partial charge in [-0.25, -0.2) is 0 Å². The van der Waals surface area contributed by atoms with Gasteiger partial charge in [-0.1, -0.05) is 32.0 Å². The van der Waals surface area contributed by atoms with Crippen LogP contribution in [0.4, 0.5) is 0 Å². The van der Waals surface area contributed by atoms with Crippen molar-refractivity contribution in [2.45, 2.75) is 39.0 Å². The molecule has 4 nitrogen and oxygen atoms in total. The van der Waals surface area contributed by atoms with E-state index < -0.39 is 0 Å². The van der Waals surface area contributed by atoms with Crippen LogP contribution < -0.4 is 15.4 Å². The van der Waals surface area contributed by atoms with Crippen LogP contribution in [0.1, 0.15) is 44.6 Å². The molecule has 0 radical (unpaired) electrons. The Morgan fingerprint density at radius 3 is 3.00 bits per heavy atom. The molecule has 2 rings (SSSR count). The van der Waals surface area contributed by atoms with Gasteiger partial charge in [-0.15, -0.1) is 0 Å². The van der Waals surface area contributed by atoms with Crippen LogP contribution in [0.25, 0.3) is 0 Å². The molecule has 1 fully saturated rings. The molecular formula is C18H28N2O2. The second-order valence-corrected chi connectivity index (χ2v) is 6.13. The van der Waals surface area contributed by atoms with Crippen LogP contribution in [0.15, 0.2) is 24.3 Å². The molecule has 0 spiro atoms. The molecule has 0 aliphatic carbocycles. The molecule has 1 saturated heterocycles. The van der Waals surface area contributed by atoms with Gasteiger partial charge in [0.25, 0.3) is 5.91 Å². The fourth-order valence-electron chi connectivity index (χ4n) is 2.81. The molecule has 1 heterocycles. The molecule has 1 aromatic carbocycles. The third-order valence-electron chi connectivity index (χ3n) is 4.46. The number of nitrogens with one attached hydrogen (secondary N) is 2. The summed E-state index contributed by atoms with van der Waals surface area (Å²) in [6.45, 7) is 7.35. The van der Waals surface area contributed by atoms with Gasteiger partial charge < -0.3 is 15.4 Å². The van der Waals surface area contributed by atoms with E-state index in [1.807, 2.05) is 18.2 Å². The van der Waals surface area contributed by atoms with Crippen molar-refractivity contribution in [1.82, 2.24) is 10.6 Å². The highest BCUT2D eigenvalue weighted by Gasteiger charge is 2.14. The molecule has 1 aliphatic heterocycles. The zero-order chi connectivity index (χ0) is 15.8. The van der Waals surface area contributed by atoms with Gasteiger partial charge in [0.2, 0.25) is 0 Å². The summed E-state index contributed by atoms with van der Waals surface area (Å²) < 4.78 is 5.72. The molecular weight excluding hydrogens is 276 g/mol. The summed E-state index contributed by atoms with van der Waals surface area (Å²) in [4.78, 5) is 11.9. The van der Waals surface area contributed by atoms with Crippen molar-refractivity contribution in [1.29, 1.82) is 0 Å². The molecule has 2 atom stereocenters. The third kappa shape index (κ3) is 5.02. The Morgan fingerprint density at radius 1 is 1.45 bits per heavy atom. The number of rotatable bonds is 8.